The Morgan fingerprint density at radius 2 is 1.70 bits per heavy atom. The van der Waals surface area contributed by atoms with Crippen molar-refractivity contribution in [1.82, 2.24) is 4.98 Å². The van der Waals surface area contributed by atoms with Crippen LogP contribution in [0.5, 0.6) is 0 Å². The highest BCUT2D eigenvalue weighted by Gasteiger charge is 2.11. The third-order valence-corrected chi connectivity index (χ3v) is 3.11. The van der Waals surface area contributed by atoms with E-state index in [1.165, 1.54) is 18.3 Å². The molecule has 0 amide bonds. The Morgan fingerprint density at radius 1 is 1.00 bits per heavy atom. The van der Waals surface area contributed by atoms with Gasteiger partial charge in [-0.25, -0.2) is 13.6 Å². The molecule has 1 heterocycles. The Balaban J connectivity index is 2.16. The van der Waals surface area contributed by atoms with Gasteiger partial charge in [0.1, 0.15) is 11.6 Å². The van der Waals surface area contributed by atoms with Gasteiger partial charge in [-0.15, -0.1) is 0 Å². The second kappa shape index (κ2) is 4.45. The van der Waals surface area contributed by atoms with Gasteiger partial charge in [0.15, 0.2) is 0 Å². The second-order valence-electron chi connectivity index (χ2n) is 4.43. The topological polar surface area (TPSA) is 53.1 Å². The fourth-order valence-electron chi connectivity index (χ4n) is 2.20. The number of aromatic nitrogens is 1. The van der Waals surface area contributed by atoms with E-state index in [0.29, 0.717) is 22.0 Å². The van der Waals surface area contributed by atoms with Crippen LogP contribution in [0.3, 0.4) is 0 Å². The number of aromatic amines is 1. The van der Waals surface area contributed by atoms with Crippen molar-refractivity contribution in [1.29, 1.82) is 0 Å². The third kappa shape index (κ3) is 2.03. The summed E-state index contributed by atoms with van der Waals surface area (Å²) in [4.78, 5) is 13.8. The Kier molecular flexibility index (Phi) is 2.75. The minimum absolute atomic E-state index is 0.164. The predicted octanol–water partition coefficient (Wildman–Crippen LogP) is 3.81. The van der Waals surface area contributed by atoms with Crippen molar-refractivity contribution in [2.75, 3.05) is 0 Å². The standard InChI is InChI=1S/C15H9F2NO2/c16-10-3-9(4-11(17)6-10)8-1-2-12-13(15(19)20)7-18-14(12)5-8/h1-7,18H,(H,19,20). The first-order chi connectivity index (χ1) is 9.54. The summed E-state index contributed by atoms with van der Waals surface area (Å²) in [6.45, 7) is 0. The molecular formula is C15H9F2NO2. The lowest BCUT2D eigenvalue weighted by molar-refractivity contribution is 0.0699. The van der Waals surface area contributed by atoms with E-state index in [1.807, 2.05) is 0 Å². The molecule has 2 N–H and O–H groups in total. The molecule has 5 heteroatoms. The summed E-state index contributed by atoms with van der Waals surface area (Å²) in [5, 5.41) is 9.57. The average molecular weight is 273 g/mol. The van der Waals surface area contributed by atoms with Gasteiger partial charge in [-0.3, -0.25) is 0 Å². The van der Waals surface area contributed by atoms with Gasteiger partial charge in [-0.2, -0.15) is 0 Å². The molecule has 0 spiro atoms. The number of carboxylic acid groups (broad SMARTS) is 1. The molecule has 0 aliphatic rings. The van der Waals surface area contributed by atoms with Crippen LogP contribution in [-0.4, -0.2) is 16.1 Å². The minimum Gasteiger partial charge on any atom is -0.478 e. The van der Waals surface area contributed by atoms with Crippen LogP contribution in [0.2, 0.25) is 0 Å². The first kappa shape index (κ1) is 12.3. The van der Waals surface area contributed by atoms with Crippen molar-refractivity contribution in [3.63, 3.8) is 0 Å². The fraction of sp³-hybridized carbons (Fsp3) is 0. The molecule has 1 aromatic heterocycles. The zero-order valence-corrected chi connectivity index (χ0v) is 10.2. The van der Waals surface area contributed by atoms with E-state index in [9.17, 15) is 13.6 Å². The monoisotopic (exact) mass is 273 g/mol. The number of carboxylic acids is 1. The molecule has 0 aliphatic carbocycles. The smallest absolute Gasteiger partial charge is 0.337 e. The maximum Gasteiger partial charge on any atom is 0.337 e. The average Bonchev–Trinajstić information content (AvgIpc) is 2.80. The first-order valence-electron chi connectivity index (χ1n) is 5.85. The molecule has 3 nitrogen and oxygen atoms in total. The normalized spacial score (nSPS) is 10.9. The summed E-state index contributed by atoms with van der Waals surface area (Å²) in [5.74, 6) is -2.34. The van der Waals surface area contributed by atoms with Crippen LogP contribution in [0, 0.1) is 11.6 Å². The van der Waals surface area contributed by atoms with Crippen LogP contribution >= 0.6 is 0 Å². The summed E-state index contributed by atoms with van der Waals surface area (Å²) in [7, 11) is 0. The maximum absolute atomic E-state index is 13.2. The van der Waals surface area contributed by atoms with E-state index in [2.05, 4.69) is 4.98 Å². The summed E-state index contributed by atoms with van der Waals surface area (Å²) in [6, 6.07) is 8.18. The second-order valence-corrected chi connectivity index (χ2v) is 4.43. The molecule has 0 saturated heterocycles. The van der Waals surface area contributed by atoms with Crippen LogP contribution in [-0.2, 0) is 0 Å². The Bertz CT molecular complexity index is 804. The lowest BCUT2D eigenvalue weighted by atomic mass is 10.0. The maximum atomic E-state index is 13.2. The molecule has 3 aromatic rings. The van der Waals surface area contributed by atoms with Crippen LogP contribution in [0.15, 0.2) is 42.6 Å². The Hall–Kier alpha value is -2.69. The molecule has 0 bridgehead atoms. The number of hydrogen-bond acceptors (Lipinski definition) is 1. The van der Waals surface area contributed by atoms with E-state index in [1.54, 1.807) is 18.2 Å². The number of fused-ring (bicyclic) bond motifs is 1. The molecule has 100 valence electrons. The SMILES string of the molecule is O=C(O)c1c[nH]c2cc(-c3cc(F)cc(F)c3)ccc12. The van der Waals surface area contributed by atoms with Crippen LogP contribution < -0.4 is 0 Å². The van der Waals surface area contributed by atoms with E-state index >= 15 is 0 Å². The number of aromatic carboxylic acids is 1. The summed E-state index contributed by atoms with van der Waals surface area (Å²) < 4.78 is 26.4. The first-order valence-corrected chi connectivity index (χ1v) is 5.85. The van der Waals surface area contributed by atoms with E-state index in [-0.39, 0.29) is 5.56 Å². The van der Waals surface area contributed by atoms with Gasteiger partial charge in [0, 0.05) is 23.2 Å². The molecule has 0 saturated carbocycles. The third-order valence-electron chi connectivity index (χ3n) is 3.11. The molecule has 20 heavy (non-hydrogen) atoms. The van der Waals surface area contributed by atoms with E-state index < -0.39 is 17.6 Å². The number of H-pyrrole nitrogens is 1. The number of hydrogen-bond donors (Lipinski definition) is 2. The summed E-state index contributed by atoms with van der Waals surface area (Å²) in [6.07, 6.45) is 1.39. The number of benzene rings is 2. The molecule has 0 aliphatic heterocycles. The Labute approximate surface area is 112 Å². The quantitative estimate of drug-likeness (QED) is 0.746. The van der Waals surface area contributed by atoms with Crippen molar-refractivity contribution in [2.24, 2.45) is 0 Å². The molecule has 2 aromatic carbocycles. The minimum atomic E-state index is -1.03. The zero-order valence-electron chi connectivity index (χ0n) is 10.2. The van der Waals surface area contributed by atoms with Gasteiger partial charge < -0.3 is 10.1 Å². The van der Waals surface area contributed by atoms with Crippen LogP contribution in [0.4, 0.5) is 8.78 Å². The highest BCUT2D eigenvalue weighted by molar-refractivity contribution is 6.04. The molecule has 0 atom stereocenters. The lowest BCUT2D eigenvalue weighted by Gasteiger charge is -2.03. The van der Waals surface area contributed by atoms with Crippen molar-refractivity contribution < 1.29 is 18.7 Å². The fourth-order valence-corrected chi connectivity index (χ4v) is 2.20. The molecule has 0 radical (unpaired) electrons. The van der Waals surface area contributed by atoms with Crippen molar-refractivity contribution >= 4 is 16.9 Å². The molecule has 3 rings (SSSR count). The number of halogens is 2. The number of carbonyl (C=O) groups is 1. The highest BCUT2D eigenvalue weighted by atomic mass is 19.1. The Morgan fingerprint density at radius 3 is 2.35 bits per heavy atom. The van der Waals surface area contributed by atoms with Gasteiger partial charge in [0.05, 0.1) is 5.56 Å². The van der Waals surface area contributed by atoms with Crippen LogP contribution in [0.25, 0.3) is 22.0 Å². The molecule has 0 fully saturated rings. The predicted molar refractivity (Wildman–Crippen MR) is 70.6 cm³/mol. The van der Waals surface area contributed by atoms with Gasteiger partial charge >= 0.3 is 5.97 Å². The number of nitrogens with one attached hydrogen (secondary N) is 1. The molecular weight excluding hydrogens is 264 g/mol. The van der Waals surface area contributed by atoms with Gasteiger partial charge in [-0.1, -0.05) is 12.1 Å². The van der Waals surface area contributed by atoms with Gasteiger partial charge in [0.2, 0.25) is 0 Å². The number of rotatable bonds is 2. The van der Waals surface area contributed by atoms with Gasteiger partial charge in [0.25, 0.3) is 0 Å². The summed E-state index contributed by atoms with van der Waals surface area (Å²) >= 11 is 0. The van der Waals surface area contributed by atoms with Crippen molar-refractivity contribution in [3.05, 3.63) is 59.8 Å². The van der Waals surface area contributed by atoms with E-state index in [0.717, 1.165) is 6.07 Å². The van der Waals surface area contributed by atoms with E-state index in [4.69, 9.17) is 5.11 Å². The van der Waals surface area contributed by atoms with Crippen molar-refractivity contribution in [2.45, 2.75) is 0 Å². The summed E-state index contributed by atoms with van der Waals surface area (Å²) in [5.41, 5.74) is 1.77. The highest BCUT2D eigenvalue weighted by Crippen LogP contribution is 2.27. The zero-order chi connectivity index (χ0) is 14.3. The van der Waals surface area contributed by atoms with Crippen molar-refractivity contribution in [3.8, 4) is 11.1 Å². The largest absolute Gasteiger partial charge is 0.478 e. The lowest BCUT2D eigenvalue weighted by Crippen LogP contribution is -1.93. The molecule has 0 unspecified atom stereocenters. The van der Waals surface area contributed by atoms with Crippen LogP contribution in [0.1, 0.15) is 10.4 Å². The van der Waals surface area contributed by atoms with Gasteiger partial charge in [-0.05, 0) is 29.3 Å².